The highest BCUT2D eigenvalue weighted by Gasteiger charge is 2.24. The molecule has 176 valence electrons. The van der Waals surface area contributed by atoms with Gasteiger partial charge in [0.25, 0.3) is 5.91 Å². The summed E-state index contributed by atoms with van der Waals surface area (Å²) in [4.78, 5) is 33.2. The van der Waals surface area contributed by atoms with E-state index in [1.807, 2.05) is 65.5 Å². The summed E-state index contributed by atoms with van der Waals surface area (Å²) < 4.78 is 12.7. The average molecular weight is 469 g/mol. The van der Waals surface area contributed by atoms with Gasteiger partial charge in [0.2, 0.25) is 0 Å². The van der Waals surface area contributed by atoms with Crippen molar-refractivity contribution < 1.29 is 19.1 Å². The van der Waals surface area contributed by atoms with E-state index in [-0.39, 0.29) is 6.61 Å². The SMILES string of the molecule is COC(=O)C(Cc1c[nH]c2ccccc12)NC(=O)c1cccc(OCc2cn3ccccc3n2)c1. The molecule has 8 heteroatoms. The molecule has 0 radical (unpaired) electrons. The number of benzene rings is 2. The van der Waals surface area contributed by atoms with Crippen molar-refractivity contribution in [3.05, 3.63) is 102 Å². The lowest BCUT2D eigenvalue weighted by Crippen LogP contribution is -2.43. The maximum Gasteiger partial charge on any atom is 0.328 e. The minimum absolute atomic E-state index is 0.262. The number of nitrogens with zero attached hydrogens (tertiary/aromatic N) is 2. The van der Waals surface area contributed by atoms with Crippen LogP contribution in [0.3, 0.4) is 0 Å². The van der Waals surface area contributed by atoms with Gasteiger partial charge in [-0.05, 0) is 42.0 Å². The normalized spacial score (nSPS) is 11.9. The Morgan fingerprint density at radius 3 is 2.80 bits per heavy atom. The molecular weight excluding hydrogens is 444 g/mol. The fourth-order valence-corrected chi connectivity index (χ4v) is 4.04. The highest BCUT2D eigenvalue weighted by Crippen LogP contribution is 2.20. The van der Waals surface area contributed by atoms with E-state index in [1.165, 1.54) is 7.11 Å². The van der Waals surface area contributed by atoms with Gasteiger partial charge in [-0.1, -0.05) is 30.3 Å². The molecular formula is C27H24N4O4. The van der Waals surface area contributed by atoms with Crippen molar-refractivity contribution in [1.29, 1.82) is 0 Å². The first-order valence-electron chi connectivity index (χ1n) is 11.2. The molecule has 1 unspecified atom stereocenters. The standard InChI is InChI=1S/C27H24N4O4/c1-34-27(33)24(14-19-15-28-23-10-3-2-9-22(19)23)30-26(32)18-7-6-8-21(13-18)35-17-20-16-31-12-5-4-11-25(31)29-20/h2-13,15-16,24,28H,14,17H2,1H3,(H,30,32). The number of amides is 1. The Hall–Kier alpha value is -4.59. The molecule has 0 aliphatic rings. The predicted molar refractivity (Wildman–Crippen MR) is 131 cm³/mol. The number of aromatic amines is 1. The van der Waals surface area contributed by atoms with Crippen LogP contribution in [0.1, 0.15) is 21.6 Å². The highest BCUT2D eigenvalue weighted by atomic mass is 16.5. The van der Waals surface area contributed by atoms with Crippen LogP contribution in [0.2, 0.25) is 0 Å². The number of methoxy groups -OCH3 is 1. The second-order valence-corrected chi connectivity index (χ2v) is 8.13. The largest absolute Gasteiger partial charge is 0.487 e. The average Bonchev–Trinajstić information content (AvgIpc) is 3.50. The second kappa shape index (κ2) is 9.72. The molecule has 1 atom stereocenters. The third kappa shape index (κ3) is 4.86. The third-order valence-corrected chi connectivity index (χ3v) is 5.79. The van der Waals surface area contributed by atoms with Gasteiger partial charge in [0, 0.05) is 41.5 Å². The number of carbonyl (C=O) groups excluding carboxylic acids is 2. The molecule has 0 bridgehead atoms. The molecule has 35 heavy (non-hydrogen) atoms. The molecule has 2 aromatic carbocycles. The van der Waals surface area contributed by atoms with E-state index >= 15 is 0 Å². The first-order valence-corrected chi connectivity index (χ1v) is 11.2. The van der Waals surface area contributed by atoms with Gasteiger partial charge < -0.3 is 24.2 Å². The number of H-pyrrole nitrogens is 1. The van der Waals surface area contributed by atoms with E-state index in [9.17, 15) is 9.59 Å². The van der Waals surface area contributed by atoms with Crippen molar-refractivity contribution in [1.82, 2.24) is 19.7 Å². The van der Waals surface area contributed by atoms with Crippen LogP contribution in [-0.2, 0) is 22.6 Å². The summed E-state index contributed by atoms with van der Waals surface area (Å²) in [6.45, 7) is 0.262. The Balaban J connectivity index is 1.28. The summed E-state index contributed by atoms with van der Waals surface area (Å²) in [7, 11) is 1.31. The summed E-state index contributed by atoms with van der Waals surface area (Å²) in [6.07, 6.45) is 5.97. The molecule has 1 amide bonds. The zero-order chi connectivity index (χ0) is 24.2. The summed E-state index contributed by atoms with van der Waals surface area (Å²) in [5, 5.41) is 3.81. The van der Waals surface area contributed by atoms with Gasteiger partial charge in [-0.2, -0.15) is 0 Å². The number of para-hydroxylation sites is 1. The first kappa shape index (κ1) is 22.2. The second-order valence-electron chi connectivity index (χ2n) is 8.13. The van der Waals surface area contributed by atoms with E-state index in [4.69, 9.17) is 9.47 Å². The number of hydrogen-bond acceptors (Lipinski definition) is 5. The Bertz CT molecular complexity index is 1470. The minimum atomic E-state index is -0.839. The number of ether oxygens (including phenoxy) is 2. The third-order valence-electron chi connectivity index (χ3n) is 5.79. The number of rotatable bonds is 8. The van der Waals surface area contributed by atoms with Crippen LogP contribution in [0.5, 0.6) is 5.75 Å². The van der Waals surface area contributed by atoms with Crippen molar-refractivity contribution in [2.45, 2.75) is 19.1 Å². The van der Waals surface area contributed by atoms with Crippen LogP contribution in [0, 0.1) is 0 Å². The van der Waals surface area contributed by atoms with Crippen LogP contribution < -0.4 is 10.1 Å². The van der Waals surface area contributed by atoms with E-state index in [2.05, 4.69) is 15.3 Å². The fourth-order valence-electron chi connectivity index (χ4n) is 4.04. The first-order chi connectivity index (χ1) is 17.1. The van der Waals surface area contributed by atoms with Gasteiger partial charge in [-0.15, -0.1) is 0 Å². The maximum absolute atomic E-state index is 13.0. The van der Waals surface area contributed by atoms with E-state index in [1.54, 1.807) is 24.3 Å². The van der Waals surface area contributed by atoms with Gasteiger partial charge >= 0.3 is 5.97 Å². The molecule has 3 aromatic heterocycles. The van der Waals surface area contributed by atoms with Crippen molar-refractivity contribution >= 4 is 28.4 Å². The molecule has 0 saturated carbocycles. The van der Waals surface area contributed by atoms with Gasteiger partial charge in [-0.3, -0.25) is 4.79 Å². The van der Waals surface area contributed by atoms with Gasteiger partial charge in [-0.25, -0.2) is 9.78 Å². The molecule has 0 fully saturated rings. The number of aromatic nitrogens is 3. The summed E-state index contributed by atoms with van der Waals surface area (Å²) >= 11 is 0. The van der Waals surface area contributed by atoms with Gasteiger partial charge in [0.1, 0.15) is 24.0 Å². The van der Waals surface area contributed by atoms with Crippen LogP contribution in [0.4, 0.5) is 0 Å². The number of hydrogen-bond donors (Lipinski definition) is 2. The maximum atomic E-state index is 13.0. The molecule has 5 rings (SSSR count). The zero-order valence-electron chi connectivity index (χ0n) is 19.1. The Kier molecular flexibility index (Phi) is 6.17. The fraction of sp³-hybridized carbons (Fsp3) is 0.148. The molecule has 0 aliphatic heterocycles. The number of esters is 1. The molecule has 2 N–H and O–H groups in total. The van der Waals surface area contributed by atoms with E-state index in [0.29, 0.717) is 17.7 Å². The lowest BCUT2D eigenvalue weighted by molar-refractivity contribution is -0.142. The molecule has 3 heterocycles. The van der Waals surface area contributed by atoms with Gasteiger partial charge in [0.15, 0.2) is 0 Å². The smallest absolute Gasteiger partial charge is 0.328 e. The number of carbonyl (C=O) groups is 2. The summed E-state index contributed by atoms with van der Waals surface area (Å²) in [6, 6.07) is 19.6. The zero-order valence-corrected chi connectivity index (χ0v) is 19.1. The minimum Gasteiger partial charge on any atom is -0.487 e. The predicted octanol–water partition coefficient (Wildman–Crippen LogP) is 3.91. The summed E-state index contributed by atoms with van der Waals surface area (Å²) in [5.41, 5.74) is 3.87. The Morgan fingerprint density at radius 1 is 1.09 bits per heavy atom. The Labute approximate surface area is 201 Å². The van der Waals surface area contributed by atoms with Gasteiger partial charge in [0.05, 0.1) is 12.8 Å². The number of fused-ring (bicyclic) bond motifs is 2. The van der Waals surface area contributed by atoms with Crippen molar-refractivity contribution in [2.75, 3.05) is 7.11 Å². The van der Waals surface area contributed by atoms with Crippen LogP contribution in [0.15, 0.2) is 85.3 Å². The number of pyridine rings is 1. The van der Waals surface area contributed by atoms with Crippen molar-refractivity contribution in [3.63, 3.8) is 0 Å². The molecule has 0 saturated heterocycles. The molecule has 0 aliphatic carbocycles. The van der Waals surface area contributed by atoms with E-state index in [0.717, 1.165) is 27.8 Å². The van der Waals surface area contributed by atoms with Crippen molar-refractivity contribution in [2.24, 2.45) is 0 Å². The number of imidazole rings is 1. The topological polar surface area (TPSA) is 97.7 Å². The van der Waals surface area contributed by atoms with Crippen LogP contribution in [-0.4, -0.2) is 39.4 Å². The van der Waals surface area contributed by atoms with Crippen LogP contribution in [0.25, 0.3) is 16.6 Å². The van der Waals surface area contributed by atoms with Crippen molar-refractivity contribution in [3.8, 4) is 5.75 Å². The van der Waals surface area contributed by atoms with E-state index < -0.39 is 17.9 Å². The lowest BCUT2D eigenvalue weighted by atomic mass is 10.0. The van der Waals surface area contributed by atoms with Crippen LogP contribution >= 0.6 is 0 Å². The highest BCUT2D eigenvalue weighted by molar-refractivity contribution is 5.97. The lowest BCUT2D eigenvalue weighted by Gasteiger charge is -2.16. The number of nitrogens with one attached hydrogen (secondary N) is 2. The molecule has 8 nitrogen and oxygen atoms in total. The summed E-state index contributed by atoms with van der Waals surface area (Å²) in [5.74, 6) is -0.373. The molecule has 0 spiro atoms. The monoisotopic (exact) mass is 468 g/mol. The molecule has 5 aromatic rings. The quantitative estimate of drug-likeness (QED) is 0.337. The Morgan fingerprint density at radius 2 is 1.94 bits per heavy atom.